The van der Waals surface area contributed by atoms with E-state index >= 15 is 0 Å². The number of rotatable bonds is 12. The molecule has 3 aliphatic rings. The highest BCUT2D eigenvalue weighted by atomic mass is 16.3. The predicted octanol–water partition coefficient (Wildman–Crippen LogP) is 29.1. The molecule has 552 valence electrons. The maximum absolute atomic E-state index is 6.21. The van der Waals surface area contributed by atoms with Crippen LogP contribution in [0.25, 0.3) is 99.2 Å². The maximum Gasteiger partial charge on any atom is 0.137 e. The summed E-state index contributed by atoms with van der Waals surface area (Å²) >= 11 is 0. The van der Waals surface area contributed by atoms with E-state index in [0.717, 1.165) is 99.9 Å². The molecule has 0 unspecified atom stereocenters. The van der Waals surface area contributed by atoms with Crippen LogP contribution in [0.1, 0.15) is 66.8 Å². The van der Waals surface area contributed by atoms with Crippen LogP contribution in [0.4, 0.5) is 34.1 Å². The van der Waals surface area contributed by atoms with E-state index in [-0.39, 0.29) is 5.41 Å². The minimum Gasteiger partial charge on any atom is -0.456 e. The van der Waals surface area contributed by atoms with Gasteiger partial charge in [-0.3, -0.25) is 0 Å². The lowest BCUT2D eigenvalue weighted by atomic mass is 9.67. The van der Waals surface area contributed by atoms with Crippen molar-refractivity contribution in [1.82, 2.24) is 0 Å². The van der Waals surface area contributed by atoms with E-state index in [1.807, 2.05) is 60.7 Å². The van der Waals surface area contributed by atoms with Gasteiger partial charge in [0.15, 0.2) is 0 Å². The fraction of sp³-hybridized carbons (Fsp3) is 0.0270. The zero-order chi connectivity index (χ0) is 77.4. The minimum atomic E-state index is -0.468. The standard InChI is InChI=1S/3C37H25NO/c1-3-13-25(14-4-1)37(26-15-5-2-6-16-26)30-20-9-7-17-27(30)28-19-11-22-32(36(28)37)38-31-21-12-24-34-35(31)29-18-8-10-23-33(29)39-34;1-3-12-25(13-4-1)37(26-14-5-2-6-15-26)31-18-9-7-16-28(31)29-23-22-27(24-32(29)37)38-33-19-11-21-35-36(33)30-17-8-10-20-34(30)39-35;1-3-12-25(13-4-1)37(26-14-5-2-6-15-26)31-18-9-7-16-28(31)30-24-27(22-23-32(30)37)38-33-19-11-21-35-36(33)29-17-8-10-20-34(29)39-35/h3*1-24,38H. The van der Waals surface area contributed by atoms with E-state index in [1.54, 1.807) is 0 Å². The number of anilines is 6. The van der Waals surface area contributed by atoms with Crippen LogP contribution in [-0.4, -0.2) is 0 Å². The average Bonchev–Trinajstić information content (AvgIpc) is 1.55. The molecule has 0 spiro atoms. The molecular weight excluding hydrogens is 1420 g/mol. The van der Waals surface area contributed by atoms with Gasteiger partial charge >= 0.3 is 0 Å². The highest BCUT2D eigenvalue weighted by Gasteiger charge is 2.50. The van der Waals surface area contributed by atoms with Gasteiger partial charge in [-0.2, -0.15) is 0 Å². The molecule has 0 amide bonds. The van der Waals surface area contributed by atoms with Crippen LogP contribution in [0.3, 0.4) is 0 Å². The molecule has 24 rings (SSSR count). The highest BCUT2D eigenvalue weighted by Crippen LogP contribution is 2.61. The number of fused-ring (bicyclic) bond motifs is 18. The average molecular weight is 1500 g/mol. The molecule has 18 aromatic carbocycles. The fourth-order valence-electron chi connectivity index (χ4n) is 19.7. The van der Waals surface area contributed by atoms with E-state index < -0.39 is 10.8 Å². The van der Waals surface area contributed by atoms with Crippen LogP contribution >= 0.6 is 0 Å². The number of nitrogens with one attached hydrogen (secondary N) is 3. The number of para-hydroxylation sites is 3. The maximum atomic E-state index is 6.21. The monoisotopic (exact) mass is 1500 g/mol. The first kappa shape index (κ1) is 68.6. The highest BCUT2D eigenvalue weighted by molar-refractivity contribution is 6.15. The van der Waals surface area contributed by atoms with Gasteiger partial charge in [0.05, 0.1) is 49.5 Å². The van der Waals surface area contributed by atoms with Crippen LogP contribution in [-0.2, 0) is 16.2 Å². The van der Waals surface area contributed by atoms with Crippen LogP contribution in [0, 0.1) is 0 Å². The Hall–Kier alpha value is -15.2. The molecule has 0 bridgehead atoms. The SMILES string of the molecule is c1ccc(C2(c3ccccc3)c3ccccc3-c3cc(Nc4cccc5oc6ccccc6c45)ccc32)cc1.c1ccc(C2(c3ccccc3)c3ccccc3-c3ccc(Nc4cccc5oc6ccccc6c45)cc32)cc1.c1ccc(C2(c3ccccc3)c3ccccc3-c3cccc(Nc4cccc5oc6ccccc6c45)c32)cc1. The zero-order valence-electron chi connectivity index (χ0n) is 63.8. The van der Waals surface area contributed by atoms with Gasteiger partial charge < -0.3 is 29.2 Å². The Morgan fingerprint density at radius 3 is 0.889 bits per heavy atom. The van der Waals surface area contributed by atoms with Crippen LogP contribution in [0.5, 0.6) is 0 Å². The van der Waals surface area contributed by atoms with Crippen molar-refractivity contribution in [3.8, 4) is 33.4 Å². The Labute approximate surface area is 677 Å². The first-order valence-corrected chi connectivity index (χ1v) is 40.1. The number of furan rings is 3. The van der Waals surface area contributed by atoms with Gasteiger partial charge in [-0.1, -0.05) is 352 Å². The lowest BCUT2D eigenvalue weighted by Crippen LogP contribution is -2.29. The number of hydrogen-bond donors (Lipinski definition) is 3. The summed E-state index contributed by atoms with van der Waals surface area (Å²) in [5.74, 6) is 0. The third-order valence-electron chi connectivity index (χ3n) is 24.4. The summed E-state index contributed by atoms with van der Waals surface area (Å²) in [6.07, 6.45) is 0. The molecule has 0 radical (unpaired) electrons. The molecule has 0 fully saturated rings. The van der Waals surface area contributed by atoms with Crippen molar-refractivity contribution in [2.75, 3.05) is 16.0 Å². The summed E-state index contributed by atoms with van der Waals surface area (Å²) in [6.45, 7) is 0. The summed E-state index contributed by atoms with van der Waals surface area (Å²) in [7, 11) is 0. The van der Waals surface area contributed by atoms with E-state index in [4.69, 9.17) is 13.3 Å². The van der Waals surface area contributed by atoms with Crippen LogP contribution < -0.4 is 16.0 Å². The van der Waals surface area contributed by atoms with Crippen molar-refractivity contribution < 1.29 is 13.3 Å². The smallest absolute Gasteiger partial charge is 0.137 e. The topological polar surface area (TPSA) is 75.5 Å². The fourth-order valence-corrected chi connectivity index (χ4v) is 19.7. The summed E-state index contributed by atoms with van der Waals surface area (Å²) < 4.78 is 18.5. The molecule has 3 aromatic heterocycles. The molecule has 6 heteroatoms. The lowest BCUT2D eigenvalue weighted by molar-refractivity contribution is 0.668. The van der Waals surface area contributed by atoms with Crippen molar-refractivity contribution in [1.29, 1.82) is 0 Å². The molecule has 0 atom stereocenters. The minimum absolute atomic E-state index is 0.381. The summed E-state index contributed by atoms with van der Waals surface area (Å²) in [5, 5.41) is 18.1. The van der Waals surface area contributed by atoms with Crippen molar-refractivity contribution in [3.63, 3.8) is 0 Å². The Balaban J connectivity index is 0.000000106. The van der Waals surface area contributed by atoms with Gasteiger partial charge in [-0.05, 0) is 180 Å². The van der Waals surface area contributed by atoms with Gasteiger partial charge in [0.1, 0.15) is 33.5 Å². The largest absolute Gasteiger partial charge is 0.456 e. The first-order chi connectivity index (χ1) is 58.0. The van der Waals surface area contributed by atoms with Gasteiger partial charge in [0.2, 0.25) is 0 Å². The molecule has 6 nitrogen and oxygen atoms in total. The van der Waals surface area contributed by atoms with E-state index in [2.05, 4.69) is 392 Å². The van der Waals surface area contributed by atoms with Gasteiger partial charge in [-0.15, -0.1) is 0 Å². The Morgan fingerprint density at radius 1 is 0.171 bits per heavy atom. The summed E-state index contributed by atoms with van der Waals surface area (Å²) in [5.41, 5.74) is 33.4. The second kappa shape index (κ2) is 28.1. The normalized spacial score (nSPS) is 13.3. The number of benzene rings is 18. The molecule has 117 heavy (non-hydrogen) atoms. The molecule has 0 saturated heterocycles. The first-order valence-electron chi connectivity index (χ1n) is 40.1. The third-order valence-corrected chi connectivity index (χ3v) is 24.4. The Morgan fingerprint density at radius 2 is 0.453 bits per heavy atom. The molecule has 21 aromatic rings. The van der Waals surface area contributed by atoms with Crippen LogP contribution in [0.2, 0.25) is 0 Å². The van der Waals surface area contributed by atoms with Gasteiger partial charge in [0.25, 0.3) is 0 Å². The van der Waals surface area contributed by atoms with E-state index in [0.29, 0.717) is 0 Å². The molecule has 3 aliphatic carbocycles. The Kier molecular flexibility index (Phi) is 16.5. The summed E-state index contributed by atoms with van der Waals surface area (Å²) in [6, 6.07) is 156. The second-order valence-electron chi connectivity index (χ2n) is 30.5. The van der Waals surface area contributed by atoms with E-state index in [1.165, 1.54) is 100 Å². The van der Waals surface area contributed by atoms with Crippen LogP contribution in [0.15, 0.2) is 450 Å². The summed E-state index contributed by atoms with van der Waals surface area (Å²) in [4.78, 5) is 0. The second-order valence-corrected chi connectivity index (χ2v) is 30.5. The van der Waals surface area contributed by atoms with E-state index in [9.17, 15) is 0 Å². The van der Waals surface area contributed by atoms with Gasteiger partial charge in [-0.25, -0.2) is 0 Å². The molecule has 0 saturated carbocycles. The molecule has 3 heterocycles. The van der Waals surface area contributed by atoms with Crippen molar-refractivity contribution >= 4 is 99.9 Å². The third kappa shape index (κ3) is 10.9. The number of hydrogen-bond acceptors (Lipinski definition) is 6. The van der Waals surface area contributed by atoms with Crippen molar-refractivity contribution in [2.45, 2.75) is 16.2 Å². The Bertz CT molecular complexity index is 7230. The predicted molar refractivity (Wildman–Crippen MR) is 482 cm³/mol. The zero-order valence-corrected chi connectivity index (χ0v) is 63.8. The molecule has 0 aliphatic heterocycles. The molecular formula is C111H75N3O3. The van der Waals surface area contributed by atoms with Crippen molar-refractivity contribution in [3.05, 3.63) is 504 Å². The molecule has 3 N–H and O–H groups in total. The lowest BCUT2D eigenvalue weighted by Gasteiger charge is -2.35. The van der Waals surface area contributed by atoms with Gasteiger partial charge in [0, 0.05) is 38.8 Å². The van der Waals surface area contributed by atoms with Crippen molar-refractivity contribution in [2.24, 2.45) is 0 Å². The quantitative estimate of drug-likeness (QED) is 0.113.